The number of nitrogens with zero attached hydrogens (tertiary/aromatic N) is 2. The van der Waals surface area contributed by atoms with Crippen molar-refractivity contribution in [2.75, 3.05) is 14.2 Å². The predicted octanol–water partition coefficient (Wildman–Crippen LogP) is 5.33. The van der Waals surface area contributed by atoms with E-state index >= 15 is 0 Å². The van der Waals surface area contributed by atoms with Crippen LogP contribution in [0, 0.1) is 10.8 Å². The van der Waals surface area contributed by atoms with Gasteiger partial charge in [0.2, 0.25) is 11.8 Å². The number of thioether (sulfide) groups is 1. The van der Waals surface area contributed by atoms with Crippen molar-refractivity contribution in [1.82, 2.24) is 9.97 Å². The zero-order valence-corrected chi connectivity index (χ0v) is 19.0. The highest BCUT2D eigenvalue weighted by Crippen LogP contribution is 2.65. The topological polar surface area (TPSA) is 81.5 Å². The van der Waals surface area contributed by atoms with Gasteiger partial charge < -0.3 is 14.6 Å². The third kappa shape index (κ3) is 4.07. The number of hydrogen-bond acceptors (Lipinski definition) is 6. The minimum atomic E-state index is -1.38. The van der Waals surface area contributed by atoms with Crippen molar-refractivity contribution in [3.05, 3.63) is 17.2 Å². The van der Waals surface area contributed by atoms with Gasteiger partial charge in [-0.3, -0.25) is 4.79 Å². The maximum absolute atomic E-state index is 12.6. The normalized spacial score (nSPS) is 26.5. The Morgan fingerprint density at radius 3 is 2.32 bits per heavy atom. The van der Waals surface area contributed by atoms with Crippen LogP contribution >= 0.6 is 35.0 Å². The fourth-order valence-electron chi connectivity index (χ4n) is 3.54. The number of aromatic nitrogens is 2. The quantitative estimate of drug-likeness (QED) is 0.424. The van der Waals surface area contributed by atoms with Crippen molar-refractivity contribution in [3.63, 3.8) is 0 Å². The predicted molar refractivity (Wildman–Crippen MR) is 112 cm³/mol. The van der Waals surface area contributed by atoms with Gasteiger partial charge in [-0.25, -0.2) is 0 Å². The van der Waals surface area contributed by atoms with E-state index < -0.39 is 21.0 Å². The van der Waals surface area contributed by atoms with Crippen LogP contribution in [0.1, 0.15) is 46.5 Å². The molecular weight excluding hydrogens is 423 g/mol. The molecule has 2 unspecified atom stereocenters. The van der Waals surface area contributed by atoms with Gasteiger partial charge in [-0.15, -0.1) is 11.6 Å². The molecular formula is C19H26Cl2N2O4S. The van der Waals surface area contributed by atoms with E-state index in [0.717, 1.165) is 18.2 Å². The third-order valence-corrected chi connectivity index (χ3v) is 7.96. The molecule has 1 heterocycles. The zero-order valence-electron chi connectivity index (χ0n) is 16.7. The van der Waals surface area contributed by atoms with Crippen LogP contribution in [0.3, 0.4) is 0 Å². The van der Waals surface area contributed by atoms with Crippen LogP contribution in [-0.4, -0.2) is 39.5 Å². The summed E-state index contributed by atoms with van der Waals surface area (Å²) in [5.41, 5.74) is -2.04. The molecule has 1 N–H and O–H groups in total. The highest BCUT2D eigenvalue weighted by atomic mass is 35.5. The van der Waals surface area contributed by atoms with Crippen molar-refractivity contribution in [1.29, 1.82) is 0 Å². The van der Waals surface area contributed by atoms with Crippen LogP contribution in [0.5, 0.6) is 11.8 Å². The largest absolute Gasteiger partial charge is 0.481 e. The molecule has 1 aromatic heterocycles. The van der Waals surface area contributed by atoms with Crippen LogP contribution in [0.15, 0.2) is 22.3 Å². The van der Waals surface area contributed by atoms with Gasteiger partial charge in [0.15, 0.2) is 5.16 Å². The Morgan fingerprint density at radius 1 is 1.29 bits per heavy atom. The Morgan fingerprint density at radius 2 is 1.86 bits per heavy atom. The molecule has 1 aromatic rings. The van der Waals surface area contributed by atoms with E-state index in [1.165, 1.54) is 14.2 Å². The second kappa shape index (κ2) is 8.67. The molecule has 9 heteroatoms. The number of methoxy groups -OCH3 is 2. The van der Waals surface area contributed by atoms with Crippen LogP contribution in [-0.2, 0) is 4.79 Å². The van der Waals surface area contributed by atoms with Gasteiger partial charge in [0.1, 0.15) is 9.62 Å². The SMILES string of the molecule is CCCCC1(C(=O)O)C=C(Cl)CC(C)(C)C1(Cl)Sc1nc(OC)cc(OC)n1. The summed E-state index contributed by atoms with van der Waals surface area (Å²) in [4.78, 5) is 21.3. The minimum Gasteiger partial charge on any atom is -0.481 e. The zero-order chi connectivity index (χ0) is 21.2. The lowest BCUT2D eigenvalue weighted by Gasteiger charge is -2.53. The molecule has 2 atom stereocenters. The number of carbonyl (C=O) groups is 1. The van der Waals surface area contributed by atoms with E-state index in [1.807, 2.05) is 20.8 Å². The molecule has 0 bridgehead atoms. The van der Waals surface area contributed by atoms with Crippen LogP contribution in [0.2, 0.25) is 0 Å². The van der Waals surface area contributed by atoms with Crippen LogP contribution in [0.25, 0.3) is 0 Å². The second-order valence-electron chi connectivity index (χ2n) is 7.46. The Bertz CT molecular complexity index is 752. The second-order valence-corrected chi connectivity index (χ2v) is 9.92. The number of aliphatic carboxylic acids is 1. The summed E-state index contributed by atoms with van der Waals surface area (Å²) in [6.07, 6.45) is 3.95. The molecule has 0 radical (unpaired) electrons. The Kier molecular flexibility index (Phi) is 7.16. The Labute approximate surface area is 180 Å². The van der Waals surface area contributed by atoms with E-state index in [1.54, 1.807) is 12.1 Å². The number of ether oxygens (including phenoxy) is 2. The van der Waals surface area contributed by atoms with Gasteiger partial charge in [0.05, 0.1) is 20.3 Å². The lowest BCUT2D eigenvalue weighted by Crippen LogP contribution is -2.57. The van der Waals surface area contributed by atoms with Crippen LogP contribution in [0.4, 0.5) is 0 Å². The molecule has 6 nitrogen and oxygen atoms in total. The summed E-state index contributed by atoms with van der Waals surface area (Å²) in [5.74, 6) is -0.387. The summed E-state index contributed by atoms with van der Waals surface area (Å²) < 4.78 is 9.15. The summed E-state index contributed by atoms with van der Waals surface area (Å²) in [7, 11) is 2.98. The van der Waals surface area contributed by atoms with Crippen molar-refractivity contribution in [2.24, 2.45) is 10.8 Å². The number of carboxylic acid groups (broad SMARTS) is 1. The highest BCUT2D eigenvalue weighted by molar-refractivity contribution is 8.01. The fourth-order valence-corrected chi connectivity index (χ4v) is 5.86. The van der Waals surface area contributed by atoms with E-state index in [9.17, 15) is 9.90 Å². The highest BCUT2D eigenvalue weighted by Gasteiger charge is 2.64. The average molecular weight is 449 g/mol. The number of rotatable bonds is 8. The maximum atomic E-state index is 12.6. The number of hydrogen-bond donors (Lipinski definition) is 1. The fraction of sp³-hybridized carbons (Fsp3) is 0.632. The molecule has 0 aliphatic heterocycles. The molecule has 0 fully saturated rings. The van der Waals surface area contributed by atoms with Gasteiger partial charge in [-0.1, -0.05) is 63.1 Å². The first-order valence-electron chi connectivity index (χ1n) is 9.01. The number of carboxylic acids is 1. The number of alkyl halides is 1. The minimum absolute atomic E-state index is 0.285. The van der Waals surface area contributed by atoms with E-state index in [-0.39, 0.29) is 5.16 Å². The Hall–Kier alpha value is -1.18. The van der Waals surface area contributed by atoms with Crippen molar-refractivity contribution < 1.29 is 19.4 Å². The first-order chi connectivity index (χ1) is 13.0. The standard InChI is InChI=1S/C19H26Cl2N2O4S/c1-6-7-8-18(15(24)25)11-12(20)10-17(2,3)19(18,21)28-16-22-13(26-4)9-14(23-16)27-5/h9,11H,6-8,10H2,1-5H3,(H,24,25). The molecule has 156 valence electrons. The van der Waals surface area contributed by atoms with Crippen molar-refractivity contribution in [3.8, 4) is 11.8 Å². The van der Waals surface area contributed by atoms with E-state index in [0.29, 0.717) is 36.1 Å². The van der Waals surface area contributed by atoms with E-state index in [2.05, 4.69) is 9.97 Å². The summed E-state index contributed by atoms with van der Waals surface area (Å²) in [6, 6.07) is 1.55. The summed E-state index contributed by atoms with van der Waals surface area (Å²) >= 11 is 14.7. The maximum Gasteiger partial charge on any atom is 0.316 e. The van der Waals surface area contributed by atoms with Gasteiger partial charge in [-0.2, -0.15) is 9.97 Å². The molecule has 0 aromatic carbocycles. The third-order valence-electron chi connectivity index (χ3n) is 5.07. The van der Waals surface area contributed by atoms with E-state index in [4.69, 9.17) is 32.7 Å². The first-order valence-corrected chi connectivity index (χ1v) is 10.6. The molecule has 0 spiro atoms. The Balaban J connectivity index is 2.65. The smallest absolute Gasteiger partial charge is 0.316 e. The monoisotopic (exact) mass is 448 g/mol. The number of unbranched alkanes of at least 4 members (excludes halogenated alkanes) is 1. The first kappa shape index (κ1) is 23.1. The molecule has 0 saturated heterocycles. The lowest BCUT2D eigenvalue weighted by atomic mass is 9.64. The van der Waals surface area contributed by atoms with Gasteiger partial charge in [-0.05, 0) is 18.3 Å². The molecule has 1 aliphatic carbocycles. The van der Waals surface area contributed by atoms with Crippen LogP contribution < -0.4 is 9.47 Å². The molecule has 1 aliphatic rings. The van der Waals surface area contributed by atoms with Crippen molar-refractivity contribution >= 4 is 40.9 Å². The van der Waals surface area contributed by atoms with Crippen molar-refractivity contribution in [2.45, 2.75) is 55.8 Å². The lowest BCUT2D eigenvalue weighted by molar-refractivity contribution is -0.149. The van der Waals surface area contributed by atoms with Gasteiger partial charge in [0, 0.05) is 5.03 Å². The average Bonchev–Trinajstić information content (AvgIpc) is 2.62. The summed E-state index contributed by atoms with van der Waals surface area (Å²) in [6.45, 7) is 5.85. The molecule has 28 heavy (non-hydrogen) atoms. The molecule has 0 saturated carbocycles. The number of halogens is 2. The summed E-state index contributed by atoms with van der Waals surface area (Å²) in [5, 5.41) is 11.1. The molecule has 0 amide bonds. The van der Waals surface area contributed by atoms with Gasteiger partial charge in [0.25, 0.3) is 0 Å². The number of allylic oxidation sites excluding steroid dienone is 1. The van der Waals surface area contributed by atoms with Gasteiger partial charge >= 0.3 is 5.97 Å². The molecule has 2 rings (SSSR count).